The van der Waals surface area contributed by atoms with Gasteiger partial charge in [0.25, 0.3) is 10.1 Å². The second-order valence-corrected chi connectivity index (χ2v) is 15.7. The van der Waals surface area contributed by atoms with E-state index in [0.717, 1.165) is 12.7 Å². The van der Waals surface area contributed by atoms with Crippen LogP contribution in [-0.4, -0.2) is 73.8 Å². The van der Waals surface area contributed by atoms with E-state index in [-0.39, 0.29) is 32.0 Å². The van der Waals surface area contributed by atoms with Gasteiger partial charge in [-0.25, -0.2) is 8.42 Å². The Labute approximate surface area is 229 Å². The van der Waals surface area contributed by atoms with Crippen molar-refractivity contribution < 1.29 is 30.2 Å². The molecule has 0 amide bonds. The summed E-state index contributed by atoms with van der Waals surface area (Å²) in [6.45, 7) is 12.2. The quantitative estimate of drug-likeness (QED) is 0.237. The van der Waals surface area contributed by atoms with E-state index in [0.29, 0.717) is 11.4 Å². The molecule has 11 heteroatoms. The van der Waals surface area contributed by atoms with Crippen molar-refractivity contribution in [3.63, 3.8) is 0 Å². The molecule has 0 bridgehead atoms. The van der Waals surface area contributed by atoms with Crippen molar-refractivity contribution in [2.24, 2.45) is 0 Å². The van der Waals surface area contributed by atoms with E-state index in [1.54, 1.807) is 43.4 Å². The van der Waals surface area contributed by atoms with Crippen LogP contribution in [0.25, 0.3) is 0 Å². The van der Waals surface area contributed by atoms with Gasteiger partial charge in [-0.15, -0.1) is 0 Å². The number of hydrogen-bond donors (Lipinski definition) is 2. The van der Waals surface area contributed by atoms with Crippen molar-refractivity contribution in [3.8, 4) is 5.75 Å². The number of quaternary nitrogens is 1. The van der Waals surface area contributed by atoms with E-state index < -0.39 is 31.8 Å². The summed E-state index contributed by atoms with van der Waals surface area (Å²) in [5.41, 5.74) is 0.889. The molecule has 0 aliphatic heterocycles. The topological polar surface area (TPSA) is 111 Å². The third-order valence-corrected chi connectivity index (χ3v) is 9.06. The van der Waals surface area contributed by atoms with Gasteiger partial charge >= 0.3 is 0 Å². The molecule has 0 radical (unpaired) electrons. The van der Waals surface area contributed by atoms with Gasteiger partial charge in [-0.3, -0.25) is 14.0 Å². The first kappa shape index (κ1) is 32.0. The molecular weight excluding hydrogens is 526 g/mol. The van der Waals surface area contributed by atoms with Crippen LogP contribution in [0.1, 0.15) is 47.1 Å². The van der Waals surface area contributed by atoms with Gasteiger partial charge in [-0.05, 0) is 75.2 Å². The highest BCUT2D eigenvalue weighted by Gasteiger charge is 2.31. The van der Waals surface area contributed by atoms with E-state index in [9.17, 15) is 16.8 Å². The van der Waals surface area contributed by atoms with Gasteiger partial charge in [0.05, 0.1) is 37.5 Å². The summed E-state index contributed by atoms with van der Waals surface area (Å²) in [5, 5.41) is 6.64. The van der Waals surface area contributed by atoms with Crippen molar-refractivity contribution in [1.82, 2.24) is 5.32 Å². The largest absolute Gasteiger partial charge is 0.488 e. The first-order chi connectivity index (χ1) is 17.2. The Balaban J connectivity index is 2.48. The predicted molar refractivity (Wildman–Crippen MR) is 152 cm³/mol. The smallest absolute Gasteiger partial charge is 0.272 e. The van der Waals surface area contributed by atoms with Crippen LogP contribution in [0.4, 0.5) is 5.69 Å². The lowest BCUT2D eigenvalue weighted by Crippen LogP contribution is -2.60. The summed E-state index contributed by atoms with van der Waals surface area (Å²) >= 11 is 0. The molecule has 1 unspecified atom stereocenters. The molecule has 2 aromatic carbocycles. The normalized spacial score (nSPS) is 14.3. The maximum absolute atomic E-state index is 13.6. The minimum atomic E-state index is -3.81. The van der Waals surface area contributed by atoms with Crippen molar-refractivity contribution >= 4 is 25.6 Å². The lowest BCUT2D eigenvalue weighted by atomic mass is 9.86. The summed E-state index contributed by atoms with van der Waals surface area (Å²) in [7, 11) is -0.753. The molecular formula is C27H44N3O6S2+. The number of anilines is 1. The van der Waals surface area contributed by atoms with Gasteiger partial charge in [0.1, 0.15) is 17.1 Å². The maximum Gasteiger partial charge on any atom is 0.272 e. The average molecular weight is 571 g/mol. The highest BCUT2D eigenvalue weighted by molar-refractivity contribution is 7.91. The lowest BCUT2D eigenvalue weighted by Gasteiger charge is -2.39. The number of benzene rings is 2. The Hall–Kier alpha value is -2.18. The van der Waals surface area contributed by atoms with E-state index in [1.165, 1.54) is 0 Å². The molecule has 0 saturated carbocycles. The molecule has 2 aromatic rings. The lowest BCUT2D eigenvalue weighted by molar-refractivity contribution is -0.912. The number of hydrogen-bond acceptors (Lipinski definition) is 8. The summed E-state index contributed by atoms with van der Waals surface area (Å²) < 4.78 is 61.7. The molecule has 9 nitrogen and oxygen atoms in total. The van der Waals surface area contributed by atoms with Gasteiger partial charge < -0.3 is 10.1 Å². The van der Waals surface area contributed by atoms with Crippen molar-refractivity contribution in [3.05, 3.63) is 48.0 Å². The Morgan fingerprint density at radius 2 is 1.45 bits per heavy atom. The summed E-state index contributed by atoms with van der Waals surface area (Å²) in [5.74, 6) is 0.431. The Morgan fingerprint density at radius 1 is 0.895 bits per heavy atom. The van der Waals surface area contributed by atoms with Gasteiger partial charge in [0, 0.05) is 5.69 Å². The number of nitrogens with one attached hydrogen (secondary N) is 2. The fourth-order valence-electron chi connectivity index (χ4n) is 3.94. The standard InChI is InChI=1S/C27H44N3O6S2/c1-26(2,3)23-16-15-22(38(33,34)21-13-11-20(12-14-21)36-27(4,5)6)19-24(23)29-25(28-7)30(8,9)17-18-37(31,32)35-10/h11-16,19,25,28-29H,17-18H2,1-10H3/q+1. The van der Waals surface area contributed by atoms with E-state index in [2.05, 4.69) is 35.6 Å². The minimum absolute atomic E-state index is 0.152. The van der Waals surface area contributed by atoms with Crippen molar-refractivity contribution in [2.45, 2.75) is 68.6 Å². The number of sulfone groups is 1. The average Bonchev–Trinajstić information content (AvgIpc) is 2.79. The molecule has 2 N–H and O–H groups in total. The Morgan fingerprint density at radius 3 is 1.92 bits per heavy atom. The molecule has 0 fully saturated rings. The summed E-state index contributed by atoms with van der Waals surface area (Å²) in [4.78, 5) is 0.318. The molecule has 0 heterocycles. The van der Waals surface area contributed by atoms with Gasteiger partial charge in [-0.1, -0.05) is 26.8 Å². The van der Waals surface area contributed by atoms with Gasteiger partial charge in [-0.2, -0.15) is 8.42 Å². The van der Waals surface area contributed by atoms with Gasteiger partial charge in [0.2, 0.25) is 16.1 Å². The highest BCUT2D eigenvalue weighted by atomic mass is 32.2. The molecule has 38 heavy (non-hydrogen) atoms. The number of ether oxygens (including phenoxy) is 1. The zero-order valence-electron chi connectivity index (χ0n) is 24.2. The third-order valence-electron chi connectivity index (χ3n) is 6.10. The monoisotopic (exact) mass is 570 g/mol. The first-order valence-corrected chi connectivity index (χ1v) is 15.5. The maximum atomic E-state index is 13.6. The Bertz CT molecular complexity index is 1310. The van der Waals surface area contributed by atoms with Crippen LogP contribution in [0.5, 0.6) is 5.75 Å². The minimum Gasteiger partial charge on any atom is -0.488 e. The van der Waals surface area contributed by atoms with E-state index >= 15 is 0 Å². The van der Waals surface area contributed by atoms with Crippen LogP contribution < -0.4 is 15.4 Å². The van der Waals surface area contributed by atoms with Crippen LogP contribution in [0.2, 0.25) is 0 Å². The second kappa shape index (κ2) is 11.5. The van der Waals surface area contributed by atoms with Crippen molar-refractivity contribution in [1.29, 1.82) is 0 Å². The molecule has 2 rings (SSSR count). The second-order valence-electron chi connectivity index (χ2n) is 11.9. The predicted octanol–water partition coefficient (Wildman–Crippen LogP) is 3.96. The first-order valence-electron chi connectivity index (χ1n) is 12.5. The summed E-state index contributed by atoms with van der Waals surface area (Å²) in [6.07, 6.45) is -0.421. The summed E-state index contributed by atoms with van der Waals surface area (Å²) in [6, 6.07) is 11.5. The van der Waals surface area contributed by atoms with Crippen LogP contribution >= 0.6 is 0 Å². The van der Waals surface area contributed by atoms with Crippen LogP contribution in [0.15, 0.2) is 52.3 Å². The molecule has 0 saturated heterocycles. The molecule has 214 valence electrons. The fourth-order valence-corrected chi connectivity index (χ4v) is 6.09. The van der Waals surface area contributed by atoms with Gasteiger partial charge in [0.15, 0.2) is 0 Å². The van der Waals surface area contributed by atoms with E-state index in [4.69, 9.17) is 4.74 Å². The zero-order chi connectivity index (χ0) is 29.2. The zero-order valence-corrected chi connectivity index (χ0v) is 25.9. The molecule has 0 aromatic heterocycles. The van der Waals surface area contributed by atoms with Crippen LogP contribution in [0, 0.1) is 0 Å². The number of nitrogens with zero attached hydrogens (tertiary/aromatic N) is 1. The highest BCUT2D eigenvalue weighted by Crippen LogP contribution is 2.34. The van der Waals surface area contributed by atoms with Crippen LogP contribution in [0.3, 0.4) is 0 Å². The Kier molecular flexibility index (Phi) is 9.70. The third kappa shape index (κ3) is 8.41. The number of rotatable bonds is 11. The van der Waals surface area contributed by atoms with Crippen molar-refractivity contribution in [2.75, 3.05) is 45.9 Å². The molecule has 0 aliphatic carbocycles. The van der Waals surface area contributed by atoms with Crippen LogP contribution in [-0.2, 0) is 29.6 Å². The molecule has 0 aliphatic rings. The molecule has 0 spiro atoms. The SMILES string of the molecule is CNC(Nc1cc(S(=O)(=O)c2ccc(OC(C)(C)C)cc2)ccc1C(C)(C)C)[N+](C)(C)CCS(=O)(=O)OC. The molecule has 1 atom stereocenters. The van der Waals surface area contributed by atoms with E-state index in [1.807, 2.05) is 40.9 Å². The fraction of sp³-hybridized carbons (Fsp3) is 0.556.